The number of aryl methyl sites for hydroxylation is 12. The first-order chi connectivity index (χ1) is 43.9. The third kappa shape index (κ3) is 10.9. The molecule has 14 rings (SSSR count). The summed E-state index contributed by atoms with van der Waals surface area (Å²) in [6.45, 7) is 73.6. The van der Waals surface area contributed by atoms with E-state index in [-0.39, 0.29) is 0 Å². The van der Waals surface area contributed by atoms with Gasteiger partial charge in [0.05, 0.1) is 28.4 Å². The summed E-state index contributed by atoms with van der Waals surface area (Å²) < 4.78 is 0. The van der Waals surface area contributed by atoms with Crippen LogP contribution in [0.1, 0.15) is 218 Å². The molecule has 490 valence electrons. The van der Waals surface area contributed by atoms with Crippen LogP contribution in [0.5, 0.6) is 0 Å². The number of hydrogen-bond donors (Lipinski definition) is 0. The lowest BCUT2D eigenvalue weighted by atomic mass is 9.82. The molecular formula is C89H109N5. The largest absolute Gasteiger partial charge is 0.257 e. The predicted molar refractivity (Wildman–Crippen MR) is 417 cm³/mol. The summed E-state index contributed by atoms with van der Waals surface area (Å²) in [7, 11) is 0. The van der Waals surface area contributed by atoms with Crippen LogP contribution in [0, 0.1) is 194 Å². The Bertz CT molecular complexity index is 5010. The normalized spacial score (nSPS) is 13.9. The molecule has 0 aromatic heterocycles. The number of hydrogen-bond acceptors (Lipinski definition) is 5. The highest BCUT2D eigenvalue weighted by Crippen LogP contribution is 2.49. The minimum Gasteiger partial charge on any atom is -0.257 e. The van der Waals surface area contributed by atoms with Gasteiger partial charge in [0.25, 0.3) is 0 Å². The topological polar surface area (TPSA) is 61.8 Å². The van der Waals surface area contributed by atoms with E-state index in [0.29, 0.717) is 0 Å². The van der Waals surface area contributed by atoms with Crippen LogP contribution in [0.2, 0.25) is 0 Å². The maximum absolute atomic E-state index is 4.89. The van der Waals surface area contributed by atoms with Gasteiger partial charge in [-0.05, 0) is 444 Å². The second-order valence-corrected chi connectivity index (χ2v) is 29.8. The van der Waals surface area contributed by atoms with Gasteiger partial charge in [-0.1, -0.05) is 0 Å². The van der Waals surface area contributed by atoms with Crippen LogP contribution in [-0.4, -0.2) is 28.6 Å². The van der Waals surface area contributed by atoms with Crippen molar-refractivity contribution in [3.63, 3.8) is 0 Å². The van der Waals surface area contributed by atoms with Crippen molar-refractivity contribution in [1.29, 1.82) is 0 Å². The zero-order chi connectivity index (χ0) is 69.5. The van der Waals surface area contributed by atoms with Gasteiger partial charge >= 0.3 is 0 Å². The second kappa shape index (κ2) is 25.2. The number of fused-ring (bicyclic) bond motifs is 9. The van der Waals surface area contributed by atoms with E-state index in [9.17, 15) is 0 Å². The van der Waals surface area contributed by atoms with Gasteiger partial charge < -0.3 is 0 Å². The Balaban J connectivity index is 0.000000129. The van der Waals surface area contributed by atoms with Gasteiger partial charge in [-0.15, -0.1) is 0 Å². The number of benzene rings is 9. The zero-order valence-corrected chi connectivity index (χ0v) is 64.3. The average molecular weight is 1250 g/mol. The number of nitrogens with zero attached hydrogens (tertiary/aromatic N) is 5. The Morgan fingerprint density at radius 1 is 0.128 bits per heavy atom. The van der Waals surface area contributed by atoms with E-state index in [2.05, 4.69) is 233 Å². The first-order valence-electron chi connectivity index (χ1n) is 34.8. The van der Waals surface area contributed by atoms with E-state index < -0.39 is 0 Å². The molecule has 9 aromatic rings. The third-order valence-corrected chi connectivity index (χ3v) is 24.8. The average Bonchev–Trinajstić information content (AvgIpc) is 0.941. The molecule has 5 heterocycles. The Labute approximate surface area is 566 Å². The molecule has 0 bridgehead atoms. The van der Waals surface area contributed by atoms with Crippen molar-refractivity contribution in [2.75, 3.05) is 0 Å². The lowest BCUT2D eigenvalue weighted by Gasteiger charge is -2.25. The molecule has 9 aromatic carbocycles. The van der Waals surface area contributed by atoms with E-state index >= 15 is 0 Å². The highest BCUT2D eigenvalue weighted by molar-refractivity contribution is 6.11. The zero-order valence-electron chi connectivity index (χ0n) is 64.3. The first kappa shape index (κ1) is 69.2. The van der Waals surface area contributed by atoms with Crippen LogP contribution in [0.3, 0.4) is 0 Å². The van der Waals surface area contributed by atoms with Crippen molar-refractivity contribution in [2.24, 2.45) is 25.0 Å². The monoisotopic (exact) mass is 1250 g/mol. The summed E-state index contributed by atoms with van der Waals surface area (Å²) in [6, 6.07) is 0. The molecule has 0 atom stereocenters. The molecular weight excluding hydrogens is 1140 g/mol. The van der Waals surface area contributed by atoms with Crippen molar-refractivity contribution < 1.29 is 0 Å². The van der Waals surface area contributed by atoms with E-state index in [1.807, 2.05) is 0 Å². The van der Waals surface area contributed by atoms with E-state index in [1.165, 1.54) is 284 Å². The molecule has 0 unspecified atom stereocenters. The molecule has 0 spiro atoms. The van der Waals surface area contributed by atoms with E-state index in [4.69, 9.17) is 20.0 Å². The Kier molecular flexibility index (Phi) is 18.5. The highest BCUT2D eigenvalue weighted by Gasteiger charge is 2.29. The molecule has 0 saturated carbocycles. The Morgan fingerprint density at radius 3 is 0.787 bits per heavy atom. The van der Waals surface area contributed by atoms with Crippen LogP contribution < -0.4 is 0 Å². The fraction of sp³-hybridized carbons (Fsp3) is 0.427. The maximum atomic E-state index is 4.89. The summed E-state index contributed by atoms with van der Waals surface area (Å²) in [4.78, 5) is 24.0. The van der Waals surface area contributed by atoms with E-state index in [0.717, 1.165) is 32.1 Å². The summed E-state index contributed by atoms with van der Waals surface area (Å²) in [6.07, 6.45) is 5.09. The fourth-order valence-corrected chi connectivity index (χ4v) is 17.0. The molecule has 0 saturated heterocycles. The molecule has 0 amide bonds. The van der Waals surface area contributed by atoms with Crippen LogP contribution >= 0.6 is 0 Å². The van der Waals surface area contributed by atoms with Crippen molar-refractivity contribution in [2.45, 2.75) is 261 Å². The van der Waals surface area contributed by atoms with Crippen molar-refractivity contribution >= 4 is 100 Å². The molecule has 0 radical (unpaired) electrons. The minimum absolute atomic E-state index is 0.998. The fourth-order valence-electron chi connectivity index (χ4n) is 17.0. The van der Waals surface area contributed by atoms with Gasteiger partial charge in [-0.3, -0.25) is 25.0 Å². The third-order valence-electron chi connectivity index (χ3n) is 24.8. The van der Waals surface area contributed by atoms with Gasteiger partial charge in [0.1, 0.15) is 0 Å². The van der Waals surface area contributed by atoms with Gasteiger partial charge in [0.15, 0.2) is 0 Å². The van der Waals surface area contributed by atoms with Crippen molar-refractivity contribution in [3.05, 3.63) is 184 Å². The van der Waals surface area contributed by atoms with E-state index in [1.54, 1.807) is 0 Å². The molecule has 0 fully saturated rings. The van der Waals surface area contributed by atoms with Gasteiger partial charge in [-0.2, -0.15) is 0 Å². The maximum Gasteiger partial charge on any atom is 0.0748 e. The molecule has 5 nitrogen and oxygen atoms in total. The van der Waals surface area contributed by atoms with Crippen molar-refractivity contribution in [1.82, 2.24) is 0 Å². The van der Waals surface area contributed by atoms with Crippen LogP contribution in [-0.2, 0) is 32.1 Å². The molecule has 5 aliphatic heterocycles. The van der Waals surface area contributed by atoms with Gasteiger partial charge in [0, 0.05) is 71.4 Å². The smallest absolute Gasteiger partial charge is 0.0748 e. The van der Waals surface area contributed by atoms with Crippen molar-refractivity contribution in [3.8, 4) is 0 Å². The van der Waals surface area contributed by atoms with Gasteiger partial charge in [-0.25, -0.2) is 0 Å². The quantitative estimate of drug-likeness (QED) is 0.145. The second-order valence-electron chi connectivity index (χ2n) is 29.8. The number of aliphatic imine (C=N–C) groups is 5. The standard InChI is InChI=1S/4C19H23N.C13H17N/c1-9-8-16-12(4)10(2)13(5)17-14(6)11(3)15(7)19(20-9)18(16)17;1-9-8-16-12(4)15(7)17-13(5)10(2)11(3)14(6)18(17)19(16)20-9;1-9-8-16-14(6)17-12(4)10(2)11(3)13(5)18(17)15(7)19(16)20-9;1-9-8-16-18-13(5)11(3)10(2)12(4)17(18)14(6)15(7)19(16)20-9;1-7-6-12-10(4)8(2)9(3)11(5)13(12)14-7/h4*8H2,1-7H3;6H2,1-5H3. The molecule has 0 aliphatic carbocycles. The summed E-state index contributed by atoms with van der Waals surface area (Å²) in [5, 5.41) is 11.5. The predicted octanol–water partition coefficient (Wildman–Crippen LogP) is 24.9. The summed E-state index contributed by atoms with van der Waals surface area (Å²) in [5.41, 5.74) is 59.3. The lowest BCUT2D eigenvalue weighted by Crippen LogP contribution is -2.10. The van der Waals surface area contributed by atoms with Crippen LogP contribution in [0.4, 0.5) is 28.4 Å². The summed E-state index contributed by atoms with van der Waals surface area (Å²) >= 11 is 0. The molecule has 94 heavy (non-hydrogen) atoms. The summed E-state index contributed by atoms with van der Waals surface area (Å²) in [5.74, 6) is 0. The molecule has 0 N–H and O–H groups in total. The van der Waals surface area contributed by atoms with Crippen LogP contribution in [0.25, 0.3) is 43.1 Å². The SMILES string of the molecule is CC1=Nc2c(C)c(C)c(C)c(C)c2C1.CC1=Nc2c(C)c(C)c(C)c3c(C)c(C)c(C)c(c23)C1.CC1=Nc2c(C)c(C)c3c(C)c(C)c(C)c(C)c3c2C1.CC1=Nc2c(c(C)c(C)c3c(C)c(C)c(C)c(C)c23)C1.CC1=Nc2c(c(C)c3c(C)c(C)c(C)c(C)c3c2C)C1. The first-order valence-corrected chi connectivity index (χ1v) is 34.8. The van der Waals surface area contributed by atoms with Crippen LogP contribution in [0.15, 0.2) is 25.0 Å². The minimum atomic E-state index is 0.998. The van der Waals surface area contributed by atoms with Gasteiger partial charge in [0.2, 0.25) is 0 Å². The highest BCUT2D eigenvalue weighted by atomic mass is 14.8. The Hall–Kier alpha value is -7.63. The number of rotatable bonds is 0. The molecule has 5 aliphatic rings. The lowest BCUT2D eigenvalue weighted by molar-refractivity contribution is 1.16. The Morgan fingerprint density at radius 2 is 0.330 bits per heavy atom. The molecule has 5 heteroatoms.